The number of hydrogen-bond donors (Lipinski definition) is 0. The molecule has 1 aromatic carbocycles. The summed E-state index contributed by atoms with van der Waals surface area (Å²) < 4.78 is 16.7. The van der Waals surface area contributed by atoms with Crippen molar-refractivity contribution in [2.24, 2.45) is 4.99 Å². The number of aromatic nitrogens is 2. The molecule has 3 aromatic rings. The third kappa shape index (κ3) is 3.95. The van der Waals surface area contributed by atoms with Gasteiger partial charge in [0, 0.05) is 6.07 Å². The number of benzene rings is 1. The van der Waals surface area contributed by atoms with Gasteiger partial charge < -0.3 is 18.6 Å². The Hall–Kier alpha value is -3.27. The first-order chi connectivity index (χ1) is 13.0. The predicted molar refractivity (Wildman–Crippen MR) is 94.2 cm³/mol. The van der Waals surface area contributed by atoms with Crippen molar-refractivity contribution < 1.29 is 28.4 Å². The van der Waals surface area contributed by atoms with Gasteiger partial charge in [-0.2, -0.15) is 4.99 Å². The molecule has 0 N–H and O–H groups in total. The highest BCUT2D eigenvalue weighted by atomic mass is 32.1. The SMILES string of the molecule is CCOC(=O)Cn1c(=NC(=O)c2ccno2)sc2cc(C(=O)OC)ccc21. The van der Waals surface area contributed by atoms with Crippen LogP contribution in [0.1, 0.15) is 27.8 Å². The van der Waals surface area contributed by atoms with Gasteiger partial charge in [0.2, 0.25) is 5.76 Å². The number of methoxy groups -OCH3 is 1. The summed E-state index contributed by atoms with van der Waals surface area (Å²) in [4.78, 5) is 40.3. The average molecular weight is 389 g/mol. The maximum absolute atomic E-state index is 12.2. The zero-order chi connectivity index (χ0) is 19.4. The zero-order valence-corrected chi connectivity index (χ0v) is 15.3. The Morgan fingerprint density at radius 3 is 2.78 bits per heavy atom. The first-order valence-corrected chi connectivity index (χ1v) is 8.72. The van der Waals surface area contributed by atoms with Crippen LogP contribution in [0.25, 0.3) is 10.2 Å². The molecular formula is C17H15N3O6S. The van der Waals surface area contributed by atoms with Crippen molar-refractivity contribution in [1.82, 2.24) is 9.72 Å². The van der Waals surface area contributed by atoms with Gasteiger partial charge in [-0.3, -0.25) is 9.59 Å². The van der Waals surface area contributed by atoms with Crippen molar-refractivity contribution in [2.75, 3.05) is 13.7 Å². The lowest BCUT2D eigenvalue weighted by Gasteiger charge is -2.05. The highest BCUT2D eigenvalue weighted by molar-refractivity contribution is 7.16. The van der Waals surface area contributed by atoms with Gasteiger partial charge in [-0.15, -0.1) is 0 Å². The molecule has 0 spiro atoms. The molecule has 1 amide bonds. The topological polar surface area (TPSA) is 113 Å². The van der Waals surface area contributed by atoms with Crippen molar-refractivity contribution in [1.29, 1.82) is 0 Å². The summed E-state index contributed by atoms with van der Waals surface area (Å²) in [5.74, 6) is -1.61. The van der Waals surface area contributed by atoms with Gasteiger partial charge in [0.05, 0.1) is 35.7 Å². The van der Waals surface area contributed by atoms with Gasteiger partial charge in [0.15, 0.2) is 4.80 Å². The molecule has 2 heterocycles. The maximum Gasteiger partial charge on any atom is 0.337 e. The number of carbonyl (C=O) groups excluding carboxylic acids is 3. The molecular weight excluding hydrogens is 374 g/mol. The van der Waals surface area contributed by atoms with Crippen molar-refractivity contribution >= 4 is 39.4 Å². The number of carbonyl (C=O) groups is 3. The monoisotopic (exact) mass is 389 g/mol. The van der Waals surface area contributed by atoms with Crippen LogP contribution in [0.3, 0.4) is 0 Å². The fourth-order valence-corrected chi connectivity index (χ4v) is 3.43. The molecule has 27 heavy (non-hydrogen) atoms. The van der Waals surface area contributed by atoms with E-state index in [2.05, 4.69) is 10.1 Å². The maximum atomic E-state index is 12.2. The van der Waals surface area contributed by atoms with Crippen LogP contribution < -0.4 is 4.80 Å². The van der Waals surface area contributed by atoms with Crippen molar-refractivity contribution in [3.05, 3.63) is 46.6 Å². The lowest BCUT2D eigenvalue weighted by molar-refractivity contribution is -0.143. The fraction of sp³-hybridized carbons (Fsp3) is 0.235. The number of ether oxygens (including phenoxy) is 2. The lowest BCUT2D eigenvalue weighted by atomic mass is 10.2. The Morgan fingerprint density at radius 2 is 2.11 bits per heavy atom. The smallest absolute Gasteiger partial charge is 0.337 e. The highest BCUT2D eigenvalue weighted by Gasteiger charge is 2.16. The molecule has 2 aromatic heterocycles. The van der Waals surface area contributed by atoms with Gasteiger partial charge in [-0.05, 0) is 25.1 Å². The summed E-state index contributed by atoms with van der Waals surface area (Å²) in [6.07, 6.45) is 1.34. The van der Waals surface area contributed by atoms with Gasteiger partial charge in [0.25, 0.3) is 0 Å². The highest BCUT2D eigenvalue weighted by Crippen LogP contribution is 2.20. The minimum atomic E-state index is -0.634. The van der Waals surface area contributed by atoms with Crippen LogP contribution in [0.15, 0.2) is 40.0 Å². The Bertz CT molecular complexity index is 1060. The Kier molecular flexibility index (Phi) is 5.46. The number of fused-ring (bicyclic) bond motifs is 1. The molecule has 0 aliphatic heterocycles. The predicted octanol–water partition coefficient (Wildman–Crippen LogP) is 1.78. The van der Waals surface area contributed by atoms with Crippen LogP contribution in [0.5, 0.6) is 0 Å². The molecule has 0 radical (unpaired) electrons. The molecule has 0 unspecified atom stereocenters. The molecule has 0 bridgehead atoms. The third-order valence-corrected chi connectivity index (χ3v) is 4.58. The Labute approximate surface area is 156 Å². The van der Waals surface area contributed by atoms with Crippen molar-refractivity contribution in [3.8, 4) is 0 Å². The van der Waals surface area contributed by atoms with Crippen molar-refractivity contribution in [2.45, 2.75) is 13.5 Å². The van der Waals surface area contributed by atoms with E-state index in [1.54, 1.807) is 29.7 Å². The van der Waals surface area contributed by atoms with Crippen LogP contribution >= 0.6 is 11.3 Å². The van der Waals surface area contributed by atoms with Crippen LogP contribution in [0, 0.1) is 0 Å². The normalized spacial score (nSPS) is 11.6. The van der Waals surface area contributed by atoms with E-state index in [4.69, 9.17) is 14.0 Å². The van der Waals surface area contributed by atoms with Gasteiger partial charge in [-0.25, -0.2) is 4.79 Å². The molecule has 0 aliphatic carbocycles. The van der Waals surface area contributed by atoms with Crippen LogP contribution in [0.2, 0.25) is 0 Å². The second-order valence-electron chi connectivity index (χ2n) is 5.24. The number of esters is 2. The van der Waals surface area contributed by atoms with Crippen LogP contribution in [-0.2, 0) is 20.8 Å². The second-order valence-corrected chi connectivity index (χ2v) is 6.25. The van der Waals surface area contributed by atoms with E-state index in [9.17, 15) is 14.4 Å². The van der Waals surface area contributed by atoms with E-state index in [0.29, 0.717) is 15.8 Å². The zero-order valence-electron chi connectivity index (χ0n) is 14.5. The van der Waals surface area contributed by atoms with E-state index in [1.165, 1.54) is 19.4 Å². The number of nitrogens with zero attached hydrogens (tertiary/aromatic N) is 3. The first kappa shape index (κ1) is 18.5. The molecule has 0 saturated heterocycles. The Balaban J connectivity index is 2.13. The van der Waals surface area contributed by atoms with E-state index in [-0.39, 0.29) is 23.7 Å². The summed E-state index contributed by atoms with van der Waals surface area (Å²) in [6.45, 7) is 1.81. The van der Waals surface area contributed by atoms with E-state index in [0.717, 1.165) is 11.3 Å². The second kappa shape index (κ2) is 7.96. The number of hydrogen-bond acceptors (Lipinski definition) is 8. The van der Waals surface area contributed by atoms with Crippen LogP contribution in [-0.4, -0.2) is 41.3 Å². The average Bonchev–Trinajstić information content (AvgIpc) is 3.30. The molecule has 9 nitrogen and oxygen atoms in total. The minimum Gasteiger partial charge on any atom is -0.465 e. The number of rotatable bonds is 5. The molecule has 0 atom stereocenters. The molecule has 0 saturated carbocycles. The quantitative estimate of drug-likeness (QED) is 0.611. The van der Waals surface area contributed by atoms with Gasteiger partial charge in [-0.1, -0.05) is 16.5 Å². The minimum absolute atomic E-state index is 0.0228. The van der Waals surface area contributed by atoms with E-state index >= 15 is 0 Å². The summed E-state index contributed by atoms with van der Waals surface area (Å²) >= 11 is 1.15. The summed E-state index contributed by atoms with van der Waals surface area (Å²) in [5.41, 5.74) is 0.979. The molecule has 140 valence electrons. The fourth-order valence-electron chi connectivity index (χ4n) is 2.36. The molecule has 3 rings (SSSR count). The number of amides is 1. The molecule has 0 fully saturated rings. The first-order valence-electron chi connectivity index (χ1n) is 7.90. The van der Waals surface area contributed by atoms with E-state index in [1.807, 2.05) is 0 Å². The lowest BCUT2D eigenvalue weighted by Crippen LogP contribution is -2.23. The standard InChI is InChI=1S/C17H15N3O6S/c1-3-25-14(21)9-20-11-5-4-10(16(23)24-2)8-13(11)27-17(20)19-15(22)12-6-7-18-26-12/h4-8H,3,9H2,1-2H3. The Morgan fingerprint density at radius 1 is 1.30 bits per heavy atom. The summed E-state index contributed by atoms with van der Waals surface area (Å²) in [5, 5.41) is 3.48. The molecule has 0 aliphatic rings. The van der Waals surface area contributed by atoms with Gasteiger partial charge in [0.1, 0.15) is 6.54 Å². The largest absolute Gasteiger partial charge is 0.465 e. The number of thiazole rings is 1. The molecule has 10 heteroatoms. The summed E-state index contributed by atoms with van der Waals surface area (Å²) in [7, 11) is 1.29. The summed E-state index contributed by atoms with van der Waals surface area (Å²) in [6, 6.07) is 6.25. The third-order valence-electron chi connectivity index (χ3n) is 3.54. The van der Waals surface area contributed by atoms with Crippen molar-refractivity contribution in [3.63, 3.8) is 0 Å². The van der Waals surface area contributed by atoms with Crippen LogP contribution in [0.4, 0.5) is 0 Å². The van der Waals surface area contributed by atoms with E-state index < -0.39 is 17.8 Å². The van der Waals surface area contributed by atoms with Gasteiger partial charge >= 0.3 is 17.8 Å².